The molecule has 1 N–H and O–H groups in total. The van der Waals surface area contributed by atoms with Gasteiger partial charge in [-0.15, -0.1) is 0 Å². The van der Waals surface area contributed by atoms with E-state index in [0.717, 1.165) is 22.3 Å². The van der Waals surface area contributed by atoms with Crippen molar-refractivity contribution < 1.29 is 13.9 Å². The van der Waals surface area contributed by atoms with Crippen molar-refractivity contribution in [2.45, 2.75) is 19.4 Å². The van der Waals surface area contributed by atoms with Gasteiger partial charge in [0.25, 0.3) is 0 Å². The van der Waals surface area contributed by atoms with E-state index in [1.165, 1.54) is 0 Å². The topological polar surface area (TPSA) is 51.5 Å². The molecule has 0 spiro atoms. The number of carbonyl (C=O) groups excluding carboxylic acids is 1. The average molecular weight is 344 g/mol. The molecule has 0 saturated carbocycles. The lowest BCUT2D eigenvalue weighted by Crippen LogP contribution is -2.28. The Labute approximate surface area is 145 Å². The smallest absolute Gasteiger partial charge is 0.225 e. The molecule has 1 amide bonds. The van der Waals surface area contributed by atoms with Gasteiger partial charge in [0, 0.05) is 22.0 Å². The van der Waals surface area contributed by atoms with E-state index in [4.69, 9.17) is 20.8 Å². The van der Waals surface area contributed by atoms with Gasteiger partial charge in [0.15, 0.2) is 0 Å². The van der Waals surface area contributed by atoms with Gasteiger partial charge in [0.2, 0.25) is 5.91 Å². The van der Waals surface area contributed by atoms with E-state index in [2.05, 4.69) is 5.32 Å². The molecule has 4 nitrogen and oxygen atoms in total. The first-order valence-electron chi connectivity index (χ1n) is 7.66. The molecular weight excluding hydrogens is 326 g/mol. The van der Waals surface area contributed by atoms with Crippen LogP contribution in [0, 0.1) is 0 Å². The molecule has 0 aliphatic carbocycles. The molecule has 0 bridgehead atoms. The monoisotopic (exact) mass is 343 g/mol. The molecule has 3 aromatic rings. The van der Waals surface area contributed by atoms with Gasteiger partial charge in [0.1, 0.15) is 11.3 Å². The molecule has 2 aromatic carbocycles. The highest BCUT2D eigenvalue weighted by atomic mass is 35.5. The van der Waals surface area contributed by atoms with Crippen LogP contribution in [0.4, 0.5) is 0 Å². The Kier molecular flexibility index (Phi) is 4.76. The number of nitrogens with one attached hydrogen (secondary N) is 1. The summed E-state index contributed by atoms with van der Waals surface area (Å²) in [6.07, 6.45) is 1.88. The number of carbonyl (C=O) groups is 1. The second-order valence-electron chi connectivity index (χ2n) is 5.64. The molecule has 0 fully saturated rings. The zero-order chi connectivity index (χ0) is 17.1. The molecule has 5 heteroatoms. The summed E-state index contributed by atoms with van der Waals surface area (Å²) in [7, 11) is 1.61. The summed E-state index contributed by atoms with van der Waals surface area (Å²) in [5.74, 6) is 0.667. The van der Waals surface area contributed by atoms with Crippen LogP contribution in [0.5, 0.6) is 5.75 Å². The van der Waals surface area contributed by atoms with Crippen LogP contribution in [0.3, 0.4) is 0 Å². The summed E-state index contributed by atoms with van der Waals surface area (Å²) in [5, 5.41) is 4.59. The van der Waals surface area contributed by atoms with Crippen LogP contribution in [0.15, 0.2) is 53.1 Å². The van der Waals surface area contributed by atoms with Crippen molar-refractivity contribution in [1.82, 2.24) is 5.32 Å². The van der Waals surface area contributed by atoms with Gasteiger partial charge in [-0.3, -0.25) is 4.79 Å². The summed E-state index contributed by atoms with van der Waals surface area (Å²) < 4.78 is 10.7. The summed E-state index contributed by atoms with van der Waals surface area (Å²) in [6.45, 7) is 1.94. The van der Waals surface area contributed by atoms with Crippen LogP contribution in [0.2, 0.25) is 5.02 Å². The van der Waals surface area contributed by atoms with Crippen molar-refractivity contribution in [3.8, 4) is 5.75 Å². The first-order chi connectivity index (χ1) is 11.6. The predicted molar refractivity (Wildman–Crippen MR) is 94.5 cm³/mol. The molecule has 0 saturated heterocycles. The molecule has 1 unspecified atom stereocenters. The largest absolute Gasteiger partial charge is 0.497 e. The number of furan rings is 1. The van der Waals surface area contributed by atoms with Crippen LogP contribution < -0.4 is 10.1 Å². The fraction of sp³-hybridized carbons (Fsp3) is 0.211. The van der Waals surface area contributed by atoms with Gasteiger partial charge in [-0.1, -0.05) is 23.7 Å². The second-order valence-corrected chi connectivity index (χ2v) is 6.08. The van der Waals surface area contributed by atoms with E-state index in [9.17, 15) is 4.79 Å². The minimum absolute atomic E-state index is 0.0593. The zero-order valence-corrected chi connectivity index (χ0v) is 14.3. The number of fused-ring (bicyclic) bond motifs is 1. The van der Waals surface area contributed by atoms with E-state index < -0.39 is 0 Å². The highest BCUT2D eigenvalue weighted by Gasteiger charge is 2.14. The lowest BCUT2D eigenvalue weighted by molar-refractivity contribution is -0.121. The number of hydrogen-bond acceptors (Lipinski definition) is 3. The van der Waals surface area contributed by atoms with Gasteiger partial charge in [-0.05, 0) is 36.8 Å². The lowest BCUT2D eigenvalue weighted by Gasteiger charge is -2.14. The van der Waals surface area contributed by atoms with Crippen LogP contribution in [0.1, 0.15) is 24.1 Å². The zero-order valence-electron chi connectivity index (χ0n) is 13.5. The van der Waals surface area contributed by atoms with Crippen molar-refractivity contribution in [3.05, 3.63) is 64.9 Å². The van der Waals surface area contributed by atoms with Gasteiger partial charge in [-0.2, -0.15) is 0 Å². The fourth-order valence-electron chi connectivity index (χ4n) is 2.63. The maximum atomic E-state index is 12.3. The third-order valence-electron chi connectivity index (χ3n) is 3.96. The second kappa shape index (κ2) is 6.97. The van der Waals surface area contributed by atoms with Crippen molar-refractivity contribution in [2.24, 2.45) is 0 Å². The Hall–Kier alpha value is -2.46. The van der Waals surface area contributed by atoms with Crippen molar-refractivity contribution >= 4 is 28.5 Å². The highest BCUT2D eigenvalue weighted by Crippen LogP contribution is 2.26. The van der Waals surface area contributed by atoms with Gasteiger partial charge in [0.05, 0.1) is 25.8 Å². The molecule has 124 valence electrons. The van der Waals surface area contributed by atoms with Crippen molar-refractivity contribution in [2.75, 3.05) is 7.11 Å². The number of methoxy groups -OCH3 is 1. The predicted octanol–water partition coefficient (Wildman–Crippen LogP) is 4.51. The van der Waals surface area contributed by atoms with E-state index in [0.29, 0.717) is 10.6 Å². The molecule has 0 aliphatic heterocycles. The van der Waals surface area contributed by atoms with Gasteiger partial charge < -0.3 is 14.5 Å². The fourth-order valence-corrected chi connectivity index (χ4v) is 2.75. The van der Waals surface area contributed by atoms with E-state index in [-0.39, 0.29) is 18.4 Å². The Morgan fingerprint density at radius 2 is 2.00 bits per heavy atom. The number of benzene rings is 2. The number of amides is 1. The van der Waals surface area contributed by atoms with E-state index >= 15 is 0 Å². The molecule has 3 rings (SSSR count). The van der Waals surface area contributed by atoms with Crippen molar-refractivity contribution in [3.63, 3.8) is 0 Å². The standard InChI is InChI=1S/C19H18ClNO3/c1-12(13-3-5-15(20)6-4-13)21-19(22)9-14-11-24-18-10-16(23-2)7-8-17(14)18/h3-8,10-12H,9H2,1-2H3,(H,21,22). The Morgan fingerprint density at radius 1 is 1.25 bits per heavy atom. The lowest BCUT2D eigenvalue weighted by atomic mass is 10.1. The number of ether oxygens (including phenoxy) is 1. The number of rotatable bonds is 5. The summed E-state index contributed by atoms with van der Waals surface area (Å²) in [5.41, 5.74) is 2.57. The normalized spacial score (nSPS) is 12.1. The minimum atomic E-state index is -0.0898. The molecule has 24 heavy (non-hydrogen) atoms. The van der Waals surface area contributed by atoms with E-state index in [1.807, 2.05) is 49.4 Å². The molecule has 1 heterocycles. The van der Waals surface area contributed by atoms with Crippen LogP contribution in [-0.4, -0.2) is 13.0 Å². The molecule has 0 radical (unpaired) electrons. The molecule has 1 aromatic heterocycles. The highest BCUT2D eigenvalue weighted by molar-refractivity contribution is 6.30. The van der Waals surface area contributed by atoms with Gasteiger partial charge >= 0.3 is 0 Å². The Morgan fingerprint density at radius 3 is 2.71 bits per heavy atom. The molecule has 1 atom stereocenters. The summed E-state index contributed by atoms with van der Waals surface area (Å²) in [6, 6.07) is 12.9. The average Bonchev–Trinajstić information content (AvgIpc) is 2.97. The molecule has 0 aliphatic rings. The SMILES string of the molecule is COc1ccc2c(CC(=O)NC(C)c3ccc(Cl)cc3)coc2c1. The first-order valence-corrected chi connectivity index (χ1v) is 8.03. The molecular formula is C19H18ClNO3. The Balaban J connectivity index is 1.69. The third-order valence-corrected chi connectivity index (χ3v) is 4.21. The van der Waals surface area contributed by atoms with E-state index in [1.54, 1.807) is 13.4 Å². The van der Waals surface area contributed by atoms with Gasteiger partial charge in [-0.25, -0.2) is 0 Å². The van der Waals surface area contributed by atoms with Crippen molar-refractivity contribution in [1.29, 1.82) is 0 Å². The summed E-state index contributed by atoms with van der Waals surface area (Å²) >= 11 is 5.89. The first kappa shape index (κ1) is 16.4. The van der Waals surface area contributed by atoms with Crippen LogP contribution in [0.25, 0.3) is 11.0 Å². The van der Waals surface area contributed by atoms with Crippen LogP contribution in [-0.2, 0) is 11.2 Å². The maximum Gasteiger partial charge on any atom is 0.225 e. The Bertz CT molecular complexity index is 855. The summed E-state index contributed by atoms with van der Waals surface area (Å²) in [4.78, 5) is 12.3. The minimum Gasteiger partial charge on any atom is -0.497 e. The van der Waals surface area contributed by atoms with Crippen LogP contribution >= 0.6 is 11.6 Å². The number of halogens is 1. The quantitative estimate of drug-likeness (QED) is 0.741. The third kappa shape index (κ3) is 3.54. The maximum absolute atomic E-state index is 12.3. The number of hydrogen-bond donors (Lipinski definition) is 1.